The van der Waals surface area contributed by atoms with Gasteiger partial charge < -0.3 is 9.80 Å². The molecule has 0 aliphatic carbocycles. The van der Waals surface area contributed by atoms with Crippen molar-refractivity contribution in [2.24, 2.45) is 0 Å². The summed E-state index contributed by atoms with van der Waals surface area (Å²) in [5, 5.41) is 5.58. The van der Waals surface area contributed by atoms with Crippen molar-refractivity contribution in [2.45, 2.75) is 20.3 Å². The number of rotatable bonds is 3. The number of aryl methyl sites for hydroxylation is 2. The molecule has 7 nitrogen and oxygen atoms in total. The molecule has 0 unspecified atom stereocenters. The molecule has 1 saturated heterocycles. The van der Waals surface area contributed by atoms with Gasteiger partial charge in [0.1, 0.15) is 12.1 Å². The second-order valence-electron chi connectivity index (χ2n) is 7.21. The van der Waals surface area contributed by atoms with Crippen LogP contribution >= 0.6 is 0 Å². The third-order valence-corrected chi connectivity index (χ3v) is 5.42. The van der Waals surface area contributed by atoms with Gasteiger partial charge in [0, 0.05) is 54.7 Å². The molecule has 4 heterocycles. The van der Waals surface area contributed by atoms with E-state index in [-0.39, 0.29) is 0 Å². The number of aromatic nitrogens is 5. The average molecular weight is 373 g/mol. The van der Waals surface area contributed by atoms with Crippen LogP contribution in [0.2, 0.25) is 0 Å². The highest BCUT2D eigenvalue weighted by atomic mass is 15.4. The lowest BCUT2D eigenvalue weighted by Gasteiger charge is -2.37. The van der Waals surface area contributed by atoms with Gasteiger partial charge in [-0.15, -0.1) is 0 Å². The minimum absolute atomic E-state index is 0.658. The minimum atomic E-state index is 0.658. The summed E-state index contributed by atoms with van der Waals surface area (Å²) in [6.45, 7) is 7.92. The van der Waals surface area contributed by atoms with Crippen LogP contribution < -0.4 is 9.80 Å². The Bertz CT molecular complexity index is 1140. The van der Waals surface area contributed by atoms with Gasteiger partial charge in [0.15, 0.2) is 0 Å². The van der Waals surface area contributed by atoms with Gasteiger partial charge in [-0.3, -0.25) is 4.98 Å². The second-order valence-corrected chi connectivity index (χ2v) is 7.21. The van der Waals surface area contributed by atoms with Gasteiger partial charge >= 0.3 is 0 Å². The van der Waals surface area contributed by atoms with Gasteiger partial charge in [-0.05, 0) is 25.5 Å². The molecule has 0 atom stereocenters. The van der Waals surface area contributed by atoms with Crippen LogP contribution in [0.1, 0.15) is 18.3 Å². The van der Waals surface area contributed by atoms with Crippen molar-refractivity contribution < 1.29 is 0 Å². The predicted octanol–water partition coefficient (Wildman–Crippen LogP) is 2.87. The zero-order chi connectivity index (χ0) is 19.1. The van der Waals surface area contributed by atoms with E-state index in [0.29, 0.717) is 5.78 Å². The highest BCUT2D eigenvalue weighted by Gasteiger charge is 2.22. The van der Waals surface area contributed by atoms with Gasteiger partial charge in [0.25, 0.3) is 5.78 Å². The van der Waals surface area contributed by atoms with E-state index in [1.54, 1.807) is 6.33 Å². The van der Waals surface area contributed by atoms with Crippen LogP contribution in [0.5, 0.6) is 0 Å². The Labute approximate surface area is 163 Å². The zero-order valence-electron chi connectivity index (χ0n) is 16.2. The molecule has 0 bridgehead atoms. The average Bonchev–Trinajstić information content (AvgIpc) is 3.21. The molecule has 1 aliphatic rings. The molecule has 28 heavy (non-hydrogen) atoms. The van der Waals surface area contributed by atoms with Crippen LogP contribution in [0.15, 0.2) is 42.7 Å². The topological polar surface area (TPSA) is 62.5 Å². The van der Waals surface area contributed by atoms with Crippen LogP contribution in [-0.2, 0) is 6.42 Å². The summed E-state index contributed by atoms with van der Waals surface area (Å²) in [5.74, 6) is 1.72. The largest absolute Gasteiger partial charge is 0.367 e. The lowest BCUT2D eigenvalue weighted by atomic mass is 10.1. The fourth-order valence-electron chi connectivity index (χ4n) is 3.97. The highest BCUT2D eigenvalue weighted by molar-refractivity contribution is 5.92. The summed E-state index contributed by atoms with van der Waals surface area (Å²) in [6, 6.07) is 12.8. The summed E-state index contributed by atoms with van der Waals surface area (Å²) in [4.78, 5) is 18.3. The molecule has 1 aromatic carbocycles. The van der Waals surface area contributed by atoms with Gasteiger partial charge in [-0.1, -0.05) is 25.1 Å². The molecule has 0 saturated carbocycles. The number of nitrogens with zero attached hydrogens (tertiary/aromatic N) is 7. The number of hydrogen-bond donors (Lipinski definition) is 0. The third kappa shape index (κ3) is 2.83. The number of para-hydroxylation sites is 1. The van der Waals surface area contributed by atoms with Gasteiger partial charge in [-0.25, -0.2) is 4.98 Å². The first-order valence-electron chi connectivity index (χ1n) is 9.79. The van der Waals surface area contributed by atoms with E-state index >= 15 is 0 Å². The molecule has 7 heteroatoms. The van der Waals surface area contributed by atoms with Gasteiger partial charge in [-0.2, -0.15) is 14.6 Å². The van der Waals surface area contributed by atoms with Crippen LogP contribution in [0.25, 0.3) is 16.7 Å². The lowest BCUT2D eigenvalue weighted by molar-refractivity contribution is 0.639. The van der Waals surface area contributed by atoms with Crippen LogP contribution in [0.4, 0.5) is 11.5 Å². The van der Waals surface area contributed by atoms with E-state index in [2.05, 4.69) is 68.2 Å². The SMILES string of the molecule is CCc1cc(N2CCN(c3cc(C)nc4ncnn34)CC2)c2ccccc2n1. The minimum Gasteiger partial charge on any atom is -0.367 e. The molecule has 3 aromatic heterocycles. The monoisotopic (exact) mass is 373 g/mol. The molecule has 0 radical (unpaired) electrons. The van der Waals surface area contributed by atoms with Gasteiger partial charge in [0.05, 0.1) is 5.52 Å². The molecule has 0 spiro atoms. The fourth-order valence-corrected chi connectivity index (χ4v) is 3.97. The molecule has 1 aliphatic heterocycles. The van der Waals surface area contributed by atoms with E-state index in [4.69, 9.17) is 4.98 Å². The maximum absolute atomic E-state index is 4.79. The number of anilines is 2. The summed E-state index contributed by atoms with van der Waals surface area (Å²) in [7, 11) is 0. The second kappa shape index (κ2) is 6.74. The molecule has 1 fully saturated rings. The first-order valence-corrected chi connectivity index (χ1v) is 9.79. The van der Waals surface area contributed by atoms with Gasteiger partial charge in [0.2, 0.25) is 0 Å². The Balaban J connectivity index is 1.45. The summed E-state index contributed by atoms with van der Waals surface area (Å²) >= 11 is 0. The summed E-state index contributed by atoms with van der Waals surface area (Å²) in [5.41, 5.74) is 4.48. The number of benzene rings is 1. The van der Waals surface area contributed by atoms with Crippen LogP contribution in [0.3, 0.4) is 0 Å². The molecule has 142 valence electrons. The Kier molecular flexibility index (Phi) is 4.07. The molecular formula is C21H23N7. The summed E-state index contributed by atoms with van der Waals surface area (Å²) < 4.78 is 1.83. The lowest BCUT2D eigenvalue weighted by Crippen LogP contribution is -2.47. The first kappa shape index (κ1) is 16.9. The Morgan fingerprint density at radius 2 is 1.75 bits per heavy atom. The van der Waals surface area contributed by atoms with Crippen molar-refractivity contribution >= 4 is 28.2 Å². The molecule has 5 rings (SSSR count). The van der Waals surface area contributed by atoms with E-state index in [1.807, 2.05) is 11.4 Å². The molecule has 4 aromatic rings. The van der Waals surface area contributed by atoms with Crippen LogP contribution in [-0.4, -0.2) is 50.7 Å². The van der Waals surface area contributed by atoms with Crippen molar-refractivity contribution in [3.8, 4) is 0 Å². The zero-order valence-corrected chi connectivity index (χ0v) is 16.2. The Hall–Kier alpha value is -3.22. The van der Waals surface area contributed by atoms with Crippen molar-refractivity contribution in [1.29, 1.82) is 0 Å². The van der Waals surface area contributed by atoms with Crippen molar-refractivity contribution in [2.75, 3.05) is 36.0 Å². The molecular weight excluding hydrogens is 350 g/mol. The number of hydrogen-bond acceptors (Lipinski definition) is 6. The van der Waals surface area contributed by atoms with Crippen LogP contribution in [0, 0.1) is 6.92 Å². The summed E-state index contributed by atoms with van der Waals surface area (Å²) in [6.07, 6.45) is 2.51. The van der Waals surface area contributed by atoms with Crippen molar-refractivity contribution in [3.05, 3.63) is 54.1 Å². The normalized spacial score (nSPS) is 14.9. The molecule has 0 N–H and O–H groups in total. The molecule has 0 amide bonds. The quantitative estimate of drug-likeness (QED) is 0.550. The Morgan fingerprint density at radius 1 is 0.964 bits per heavy atom. The number of piperazine rings is 1. The van der Waals surface area contributed by atoms with Crippen molar-refractivity contribution in [3.63, 3.8) is 0 Å². The fraction of sp³-hybridized carbons (Fsp3) is 0.333. The predicted molar refractivity (Wildman–Crippen MR) is 111 cm³/mol. The number of pyridine rings is 1. The van der Waals surface area contributed by atoms with E-state index in [0.717, 1.165) is 55.3 Å². The van der Waals surface area contributed by atoms with E-state index in [9.17, 15) is 0 Å². The smallest absolute Gasteiger partial charge is 0.254 e. The third-order valence-electron chi connectivity index (χ3n) is 5.42. The maximum Gasteiger partial charge on any atom is 0.254 e. The highest BCUT2D eigenvalue weighted by Crippen LogP contribution is 2.29. The Morgan fingerprint density at radius 3 is 2.57 bits per heavy atom. The number of fused-ring (bicyclic) bond motifs is 2. The maximum atomic E-state index is 4.79. The standard InChI is InChI=1S/C21H23N7/c1-3-16-13-19(17-6-4-5-7-18(17)25-16)26-8-10-27(11-9-26)20-12-15(2)24-21-22-14-23-28(20)21/h4-7,12-14H,3,8-11H2,1-2H3. The van der Waals surface area contributed by atoms with Crippen molar-refractivity contribution in [1.82, 2.24) is 24.6 Å². The van der Waals surface area contributed by atoms with E-state index in [1.165, 1.54) is 11.1 Å². The first-order chi connectivity index (χ1) is 13.7. The van der Waals surface area contributed by atoms with E-state index < -0.39 is 0 Å².